The lowest BCUT2D eigenvalue weighted by molar-refractivity contribution is 0.306. The van der Waals surface area contributed by atoms with Gasteiger partial charge in [0.1, 0.15) is 5.75 Å². The molecule has 1 aromatic rings. The molecule has 0 radical (unpaired) electrons. The molecule has 1 N–H and O–H groups in total. The number of rotatable bonds is 5. The Morgan fingerprint density at radius 1 is 1.50 bits per heavy atom. The van der Waals surface area contributed by atoms with Gasteiger partial charge in [0.2, 0.25) is 0 Å². The first-order chi connectivity index (χ1) is 8.86. The van der Waals surface area contributed by atoms with Crippen molar-refractivity contribution in [1.29, 1.82) is 5.26 Å². The summed E-state index contributed by atoms with van der Waals surface area (Å²) in [5.74, 6) is 1.00. The molecule has 0 spiro atoms. The van der Waals surface area contributed by atoms with Crippen LogP contribution < -0.4 is 10.1 Å². The van der Waals surface area contributed by atoms with E-state index in [0.29, 0.717) is 19.1 Å². The average Bonchev–Trinajstić information content (AvgIpc) is 2.43. The number of benzene rings is 1. The molecule has 0 fully saturated rings. The molecular formula is C15H20N2O. The zero-order valence-electron chi connectivity index (χ0n) is 10.9. The van der Waals surface area contributed by atoms with Crippen LogP contribution in [0.15, 0.2) is 18.2 Å². The Kier molecular flexibility index (Phi) is 4.60. The van der Waals surface area contributed by atoms with Crippen molar-refractivity contribution in [3.8, 4) is 11.8 Å². The lowest BCUT2D eigenvalue weighted by Crippen LogP contribution is -2.22. The number of unbranched alkanes of at least 4 members (excludes halogenated alkanes) is 1. The Balaban J connectivity index is 2.10. The molecule has 0 aromatic heterocycles. The van der Waals surface area contributed by atoms with E-state index in [0.717, 1.165) is 18.6 Å². The minimum atomic E-state index is 0.455. The van der Waals surface area contributed by atoms with E-state index in [2.05, 4.69) is 23.5 Å². The van der Waals surface area contributed by atoms with Crippen molar-refractivity contribution in [2.75, 3.05) is 13.7 Å². The zero-order chi connectivity index (χ0) is 12.8. The summed E-state index contributed by atoms with van der Waals surface area (Å²) in [5, 5.41) is 11.9. The molecule has 2 rings (SSSR count). The van der Waals surface area contributed by atoms with E-state index in [9.17, 15) is 0 Å². The smallest absolute Gasteiger partial charge is 0.122 e. The van der Waals surface area contributed by atoms with Crippen LogP contribution in [0.25, 0.3) is 0 Å². The number of nitrogens with one attached hydrogen (secondary N) is 1. The van der Waals surface area contributed by atoms with Gasteiger partial charge in [0.15, 0.2) is 0 Å². The molecule has 0 saturated heterocycles. The largest absolute Gasteiger partial charge is 0.493 e. The molecule has 3 heteroatoms. The first-order valence-electron chi connectivity index (χ1n) is 6.65. The van der Waals surface area contributed by atoms with Gasteiger partial charge in [0, 0.05) is 12.5 Å². The fraction of sp³-hybridized carbons (Fsp3) is 0.533. The molecule has 96 valence electrons. The molecule has 1 atom stereocenters. The summed E-state index contributed by atoms with van der Waals surface area (Å²) in [4.78, 5) is 0. The van der Waals surface area contributed by atoms with Crippen molar-refractivity contribution in [3.63, 3.8) is 0 Å². The van der Waals surface area contributed by atoms with E-state index in [1.807, 2.05) is 13.1 Å². The summed E-state index contributed by atoms with van der Waals surface area (Å²) >= 11 is 0. The fourth-order valence-corrected chi connectivity index (χ4v) is 2.58. The van der Waals surface area contributed by atoms with Crippen LogP contribution in [0, 0.1) is 11.3 Å². The van der Waals surface area contributed by atoms with E-state index in [1.54, 1.807) is 0 Å². The van der Waals surface area contributed by atoms with Gasteiger partial charge in [-0.25, -0.2) is 0 Å². The predicted octanol–water partition coefficient (Wildman–Crippen LogP) is 2.97. The molecule has 3 nitrogen and oxygen atoms in total. The number of fused-ring (bicyclic) bond motifs is 1. The van der Waals surface area contributed by atoms with Crippen molar-refractivity contribution in [2.45, 2.75) is 38.1 Å². The predicted molar refractivity (Wildman–Crippen MR) is 71.5 cm³/mol. The number of hydrogen-bond acceptors (Lipinski definition) is 3. The molecule has 0 bridgehead atoms. The van der Waals surface area contributed by atoms with Crippen LogP contribution in [0.4, 0.5) is 0 Å². The van der Waals surface area contributed by atoms with E-state index < -0.39 is 0 Å². The lowest BCUT2D eigenvalue weighted by Gasteiger charge is -2.26. The van der Waals surface area contributed by atoms with Gasteiger partial charge in [0.05, 0.1) is 12.7 Å². The molecule has 0 saturated carbocycles. The van der Waals surface area contributed by atoms with Crippen molar-refractivity contribution >= 4 is 0 Å². The Morgan fingerprint density at radius 2 is 2.39 bits per heavy atom. The van der Waals surface area contributed by atoms with E-state index in [4.69, 9.17) is 10.00 Å². The summed E-state index contributed by atoms with van der Waals surface area (Å²) in [6.45, 7) is 0.633. The molecule has 18 heavy (non-hydrogen) atoms. The molecule has 1 unspecified atom stereocenters. The summed E-state index contributed by atoms with van der Waals surface area (Å²) in [7, 11) is 2.01. The molecule has 0 heterocycles. The maximum atomic E-state index is 8.51. The lowest BCUT2D eigenvalue weighted by atomic mass is 9.87. The summed E-state index contributed by atoms with van der Waals surface area (Å²) in [6.07, 6.45) is 4.87. The fourth-order valence-electron chi connectivity index (χ4n) is 2.58. The highest BCUT2D eigenvalue weighted by Gasteiger charge is 2.21. The van der Waals surface area contributed by atoms with Gasteiger partial charge in [-0.3, -0.25) is 0 Å². The Morgan fingerprint density at radius 3 is 3.17 bits per heavy atom. The van der Waals surface area contributed by atoms with Gasteiger partial charge in [-0.05, 0) is 49.9 Å². The second-order valence-electron chi connectivity index (χ2n) is 4.67. The normalized spacial score (nSPS) is 17.9. The maximum Gasteiger partial charge on any atom is 0.122 e. The highest BCUT2D eigenvalue weighted by molar-refractivity contribution is 5.43. The second-order valence-corrected chi connectivity index (χ2v) is 4.67. The molecular weight excluding hydrogens is 224 g/mol. The number of ether oxygens (including phenoxy) is 1. The van der Waals surface area contributed by atoms with Crippen molar-refractivity contribution in [2.24, 2.45) is 0 Å². The van der Waals surface area contributed by atoms with Crippen LogP contribution in [-0.4, -0.2) is 13.7 Å². The minimum Gasteiger partial charge on any atom is -0.493 e. The maximum absolute atomic E-state index is 8.51. The summed E-state index contributed by atoms with van der Waals surface area (Å²) < 4.78 is 5.82. The molecule has 0 aliphatic heterocycles. The van der Waals surface area contributed by atoms with E-state index >= 15 is 0 Å². The van der Waals surface area contributed by atoms with Crippen LogP contribution in [0.5, 0.6) is 5.75 Å². The topological polar surface area (TPSA) is 45.0 Å². The van der Waals surface area contributed by atoms with E-state index in [1.165, 1.54) is 24.0 Å². The van der Waals surface area contributed by atoms with Crippen LogP contribution >= 0.6 is 0 Å². The number of hydrogen-bond donors (Lipinski definition) is 1. The quantitative estimate of drug-likeness (QED) is 0.810. The minimum absolute atomic E-state index is 0.455. The van der Waals surface area contributed by atoms with Crippen molar-refractivity contribution in [3.05, 3.63) is 29.3 Å². The van der Waals surface area contributed by atoms with Crippen molar-refractivity contribution < 1.29 is 4.74 Å². The molecule has 0 amide bonds. The van der Waals surface area contributed by atoms with Crippen LogP contribution in [-0.2, 0) is 6.42 Å². The second kappa shape index (κ2) is 6.42. The highest BCUT2D eigenvalue weighted by atomic mass is 16.5. The summed E-state index contributed by atoms with van der Waals surface area (Å²) in [6, 6.07) is 8.90. The van der Waals surface area contributed by atoms with Crippen LogP contribution in [0.3, 0.4) is 0 Å². The average molecular weight is 244 g/mol. The monoisotopic (exact) mass is 244 g/mol. The molecule has 1 aromatic carbocycles. The molecule has 1 aliphatic carbocycles. The first-order valence-corrected chi connectivity index (χ1v) is 6.65. The summed E-state index contributed by atoms with van der Waals surface area (Å²) in [5.41, 5.74) is 2.72. The van der Waals surface area contributed by atoms with Gasteiger partial charge in [-0.2, -0.15) is 5.26 Å². The van der Waals surface area contributed by atoms with Crippen molar-refractivity contribution in [1.82, 2.24) is 5.32 Å². The Hall–Kier alpha value is -1.53. The zero-order valence-corrected chi connectivity index (χ0v) is 10.9. The van der Waals surface area contributed by atoms with Crippen LogP contribution in [0.1, 0.15) is 42.9 Å². The van der Waals surface area contributed by atoms with E-state index in [-0.39, 0.29) is 0 Å². The van der Waals surface area contributed by atoms with Gasteiger partial charge >= 0.3 is 0 Å². The van der Waals surface area contributed by atoms with Crippen LogP contribution in [0.2, 0.25) is 0 Å². The highest BCUT2D eigenvalue weighted by Crippen LogP contribution is 2.35. The van der Waals surface area contributed by atoms with Gasteiger partial charge < -0.3 is 10.1 Å². The third kappa shape index (κ3) is 2.83. The number of nitriles is 1. The van der Waals surface area contributed by atoms with Gasteiger partial charge in [0.25, 0.3) is 0 Å². The SMILES string of the molecule is CNC1CCCc2c(OCCCC#N)cccc21. The Bertz CT molecular complexity index is 437. The van der Waals surface area contributed by atoms with Gasteiger partial charge in [-0.15, -0.1) is 0 Å². The first kappa shape index (κ1) is 12.9. The third-order valence-electron chi connectivity index (χ3n) is 3.50. The Labute approximate surface area is 109 Å². The van der Waals surface area contributed by atoms with Gasteiger partial charge in [-0.1, -0.05) is 12.1 Å². The number of nitrogens with zero attached hydrogens (tertiary/aromatic N) is 1. The third-order valence-corrected chi connectivity index (χ3v) is 3.50. The standard InChI is InChI=1S/C15H20N2O/c1-17-14-8-4-7-13-12(14)6-5-9-15(13)18-11-3-2-10-16/h5-6,9,14,17H,2-4,7-8,11H2,1H3. The molecule has 1 aliphatic rings.